The summed E-state index contributed by atoms with van der Waals surface area (Å²) in [4.78, 5) is 30.4. The first-order valence-corrected chi connectivity index (χ1v) is 10.4. The molecule has 2 amide bonds. The molecule has 1 aliphatic rings. The van der Waals surface area contributed by atoms with E-state index in [2.05, 4.69) is 31.3 Å². The van der Waals surface area contributed by atoms with Gasteiger partial charge in [-0.25, -0.2) is 4.98 Å². The molecule has 2 heterocycles. The van der Waals surface area contributed by atoms with Crippen molar-refractivity contribution in [3.8, 4) is 0 Å². The smallest absolute Gasteiger partial charge is 0.344 e. The predicted molar refractivity (Wildman–Crippen MR) is 105 cm³/mol. The Kier molecular flexibility index (Phi) is 6.04. The number of rotatable bonds is 6. The molecule has 0 bridgehead atoms. The summed E-state index contributed by atoms with van der Waals surface area (Å²) in [6, 6.07) is 0. The molecule has 2 aromatic heterocycles. The summed E-state index contributed by atoms with van der Waals surface area (Å²) in [7, 11) is 3.24. The van der Waals surface area contributed by atoms with Crippen LogP contribution in [0.1, 0.15) is 51.9 Å². The fraction of sp³-hybridized carbons (Fsp3) is 0.529. The Morgan fingerprint density at radius 1 is 1.34 bits per heavy atom. The molecule has 1 fully saturated rings. The van der Waals surface area contributed by atoms with Crippen LogP contribution in [0.3, 0.4) is 0 Å². The van der Waals surface area contributed by atoms with E-state index in [9.17, 15) is 22.8 Å². The van der Waals surface area contributed by atoms with Gasteiger partial charge >= 0.3 is 6.18 Å². The monoisotopic (exact) mass is 493 g/mol. The topological polar surface area (TPSA) is 80.1 Å². The van der Waals surface area contributed by atoms with E-state index < -0.39 is 17.8 Å². The summed E-state index contributed by atoms with van der Waals surface area (Å²) < 4.78 is 40.7. The maximum absolute atomic E-state index is 13.2. The number of nitrogens with one attached hydrogen (secondary N) is 1. The minimum Gasteiger partial charge on any atom is -0.344 e. The van der Waals surface area contributed by atoms with Gasteiger partial charge in [0.2, 0.25) is 5.91 Å². The molecule has 7 nitrogen and oxygen atoms in total. The maximum atomic E-state index is 13.2. The highest BCUT2D eigenvalue weighted by Gasteiger charge is 2.41. The zero-order valence-electron chi connectivity index (χ0n) is 15.9. The molecule has 0 spiro atoms. The van der Waals surface area contributed by atoms with Crippen LogP contribution in [0.15, 0.2) is 4.47 Å². The van der Waals surface area contributed by atoms with Crippen molar-refractivity contribution >= 4 is 44.2 Å². The Morgan fingerprint density at radius 3 is 2.55 bits per heavy atom. The van der Waals surface area contributed by atoms with Gasteiger partial charge in [0, 0.05) is 26.4 Å². The van der Waals surface area contributed by atoms with Crippen LogP contribution in [0, 0.1) is 6.92 Å². The molecule has 1 saturated carbocycles. The molecule has 0 unspecified atom stereocenters. The summed E-state index contributed by atoms with van der Waals surface area (Å²) in [5.74, 6) is -0.600. The molecule has 3 rings (SSSR count). The Bertz CT molecular complexity index is 950. The van der Waals surface area contributed by atoms with Crippen LogP contribution in [0.4, 0.5) is 18.3 Å². The average Bonchev–Trinajstić information content (AvgIpc) is 3.29. The Morgan fingerprint density at radius 2 is 2.00 bits per heavy atom. The lowest BCUT2D eigenvalue weighted by Gasteiger charge is -2.08. The largest absolute Gasteiger partial charge is 0.436 e. The van der Waals surface area contributed by atoms with Gasteiger partial charge in [0.05, 0.1) is 22.4 Å². The van der Waals surface area contributed by atoms with Crippen molar-refractivity contribution in [2.24, 2.45) is 0 Å². The normalized spacial score (nSPS) is 14.2. The first-order chi connectivity index (χ1) is 13.5. The van der Waals surface area contributed by atoms with Crippen LogP contribution < -0.4 is 5.32 Å². The van der Waals surface area contributed by atoms with E-state index in [0.717, 1.165) is 24.2 Å². The molecular weight excluding hydrogens is 475 g/mol. The van der Waals surface area contributed by atoms with Gasteiger partial charge in [0.1, 0.15) is 4.88 Å². The van der Waals surface area contributed by atoms with Gasteiger partial charge in [-0.2, -0.15) is 18.3 Å². The number of thiazole rings is 1. The Labute approximate surface area is 177 Å². The average molecular weight is 494 g/mol. The van der Waals surface area contributed by atoms with Crippen molar-refractivity contribution in [2.75, 3.05) is 19.4 Å². The molecule has 29 heavy (non-hydrogen) atoms. The zero-order chi connectivity index (χ0) is 21.5. The number of alkyl halides is 3. The molecule has 0 saturated heterocycles. The van der Waals surface area contributed by atoms with Crippen molar-refractivity contribution < 1.29 is 22.8 Å². The number of amides is 2. The summed E-state index contributed by atoms with van der Waals surface area (Å²) >= 11 is 4.09. The third-order valence-electron chi connectivity index (χ3n) is 4.36. The van der Waals surface area contributed by atoms with Crippen molar-refractivity contribution in [3.63, 3.8) is 0 Å². The number of anilines is 1. The lowest BCUT2D eigenvalue weighted by atomic mass is 10.2. The molecule has 0 aliphatic heterocycles. The van der Waals surface area contributed by atoms with E-state index in [1.165, 1.54) is 9.58 Å². The molecule has 0 atom stereocenters. The molecule has 1 aliphatic carbocycles. The van der Waals surface area contributed by atoms with E-state index in [1.54, 1.807) is 21.0 Å². The van der Waals surface area contributed by atoms with E-state index >= 15 is 0 Å². The molecule has 0 aromatic carbocycles. The number of aryl methyl sites for hydroxylation is 2. The molecular formula is C17H19BrF3N5O2S. The van der Waals surface area contributed by atoms with Crippen LogP contribution in [-0.2, 0) is 17.5 Å². The lowest BCUT2D eigenvalue weighted by Crippen LogP contribution is -2.21. The van der Waals surface area contributed by atoms with Gasteiger partial charge in [-0.1, -0.05) is 11.3 Å². The zero-order valence-corrected chi connectivity index (χ0v) is 18.3. The maximum Gasteiger partial charge on any atom is 0.436 e. The van der Waals surface area contributed by atoms with Crippen LogP contribution in [-0.4, -0.2) is 45.6 Å². The second-order valence-electron chi connectivity index (χ2n) is 6.97. The van der Waals surface area contributed by atoms with Gasteiger partial charge in [0.25, 0.3) is 5.91 Å². The Balaban J connectivity index is 1.69. The summed E-state index contributed by atoms with van der Waals surface area (Å²) in [6.45, 7) is 1.69. The highest BCUT2D eigenvalue weighted by molar-refractivity contribution is 9.10. The van der Waals surface area contributed by atoms with Crippen LogP contribution >= 0.6 is 27.3 Å². The van der Waals surface area contributed by atoms with Crippen molar-refractivity contribution in [1.29, 1.82) is 0 Å². The number of hydrogen-bond acceptors (Lipinski definition) is 5. The van der Waals surface area contributed by atoms with Crippen LogP contribution in [0.2, 0.25) is 0 Å². The Hall–Kier alpha value is -1.95. The molecule has 158 valence electrons. The standard InChI is InChI=1S/C17H19BrF3N5O2S/c1-8-13(15(28)25(2)3)29-16(22-8)23-10(27)6-7-26-12(9-4-5-9)11(18)14(24-26)17(19,20)21/h9H,4-7H2,1-3H3,(H,22,23,27). The van der Waals surface area contributed by atoms with E-state index in [4.69, 9.17) is 0 Å². The number of carbonyl (C=O) groups excluding carboxylic acids is 2. The first-order valence-electron chi connectivity index (χ1n) is 8.81. The van der Waals surface area contributed by atoms with Gasteiger partial charge in [-0.05, 0) is 35.7 Å². The number of carbonyl (C=O) groups is 2. The number of halogens is 4. The molecule has 12 heteroatoms. The minimum atomic E-state index is -4.57. The molecule has 0 radical (unpaired) electrons. The second-order valence-corrected chi connectivity index (χ2v) is 8.77. The van der Waals surface area contributed by atoms with Crippen molar-refractivity contribution in [1.82, 2.24) is 19.7 Å². The number of nitrogens with zero attached hydrogens (tertiary/aromatic N) is 4. The number of hydrogen-bond donors (Lipinski definition) is 1. The first kappa shape index (κ1) is 21.8. The highest BCUT2D eigenvalue weighted by atomic mass is 79.9. The minimum absolute atomic E-state index is 0.0141. The number of aromatic nitrogens is 3. The van der Waals surface area contributed by atoms with Crippen molar-refractivity contribution in [3.05, 3.63) is 26.4 Å². The highest BCUT2D eigenvalue weighted by Crippen LogP contribution is 2.47. The third kappa shape index (κ3) is 4.80. The second kappa shape index (κ2) is 8.05. The van der Waals surface area contributed by atoms with Gasteiger partial charge in [-0.15, -0.1) is 0 Å². The quantitative estimate of drug-likeness (QED) is 0.658. The third-order valence-corrected chi connectivity index (χ3v) is 6.20. The SMILES string of the molecule is Cc1nc(NC(=O)CCn2nc(C(F)(F)F)c(Br)c2C2CC2)sc1C(=O)N(C)C. The van der Waals surface area contributed by atoms with Gasteiger partial charge < -0.3 is 10.2 Å². The van der Waals surface area contributed by atoms with E-state index in [1.807, 2.05) is 0 Å². The summed E-state index contributed by atoms with van der Waals surface area (Å²) in [5, 5.41) is 6.57. The predicted octanol–water partition coefficient (Wildman–Crippen LogP) is 4.04. The van der Waals surface area contributed by atoms with E-state index in [-0.39, 0.29) is 34.4 Å². The summed E-state index contributed by atoms with van der Waals surface area (Å²) in [5.41, 5.74) is 0.0159. The van der Waals surface area contributed by atoms with Gasteiger partial charge in [-0.3, -0.25) is 14.3 Å². The van der Waals surface area contributed by atoms with Crippen LogP contribution in [0.25, 0.3) is 0 Å². The van der Waals surface area contributed by atoms with E-state index in [0.29, 0.717) is 16.3 Å². The van der Waals surface area contributed by atoms with Crippen LogP contribution in [0.5, 0.6) is 0 Å². The van der Waals surface area contributed by atoms with Gasteiger partial charge in [0.15, 0.2) is 10.8 Å². The fourth-order valence-corrected chi connectivity index (χ4v) is 4.63. The fourth-order valence-electron chi connectivity index (χ4n) is 2.79. The lowest BCUT2D eigenvalue weighted by molar-refractivity contribution is -0.142. The summed E-state index contributed by atoms with van der Waals surface area (Å²) in [6.07, 6.45) is -3.03. The molecule has 1 N–H and O–H groups in total. The van der Waals surface area contributed by atoms with Crippen molar-refractivity contribution in [2.45, 2.75) is 44.8 Å². The molecule has 2 aromatic rings.